The third-order valence-electron chi connectivity index (χ3n) is 3.30. The van der Waals surface area contributed by atoms with Crippen LogP contribution in [0.1, 0.15) is 11.1 Å². The molecule has 2 aromatic carbocycles. The van der Waals surface area contributed by atoms with Crippen LogP contribution < -0.4 is 21.3 Å². The van der Waals surface area contributed by atoms with Crippen molar-refractivity contribution in [2.24, 2.45) is 0 Å². The Bertz CT molecular complexity index is 574. The number of hydrogen-bond donors (Lipinski definition) is 4. The topological polar surface area (TPSA) is 82.3 Å². The smallest absolute Gasteiger partial charge is 0.310 e. The summed E-state index contributed by atoms with van der Waals surface area (Å²) in [7, 11) is 0. The van der Waals surface area contributed by atoms with E-state index in [4.69, 9.17) is 0 Å². The van der Waals surface area contributed by atoms with E-state index in [0.717, 1.165) is 11.1 Å². The Morgan fingerprint density at radius 2 is 1.00 bits per heavy atom. The number of hydrogen-bond acceptors (Lipinski definition) is 4. The molecule has 0 unspecified atom stereocenters. The Morgan fingerprint density at radius 1 is 0.625 bits per heavy atom. The quantitative estimate of drug-likeness (QED) is 0.327. The molecule has 2 amide bonds. The molecule has 0 heterocycles. The van der Waals surface area contributed by atoms with Gasteiger partial charge in [-0.15, -0.1) is 0 Å². The first-order valence-corrected chi connectivity index (χ1v) is 7.81. The summed E-state index contributed by atoms with van der Waals surface area (Å²) in [6, 6.07) is 19.6. The van der Waals surface area contributed by atoms with Gasteiger partial charge < -0.3 is 10.6 Å². The fourth-order valence-corrected chi connectivity index (χ4v) is 2.05. The third-order valence-corrected chi connectivity index (χ3v) is 3.30. The summed E-state index contributed by atoms with van der Waals surface area (Å²) in [5.74, 6) is -1.31. The summed E-state index contributed by atoms with van der Waals surface area (Å²) < 4.78 is 0. The summed E-state index contributed by atoms with van der Waals surface area (Å²) >= 11 is 0. The van der Waals surface area contributed by atoms with Crippen LogP contribution >= 0.6 is 0 Å². The largest absolute Gasteiger partial charge is 0.335 e. The standard InChI is InChI=1S/C18H22N4O2/c23-17(21-13-19-11-15-7-3-1-4-8-15)18(24)22-14-20-12-16-9-5-2-6-10-16/h1-10,19-20H,11-14H2,(H,21,23)(H,22,24). The molecule has 126 valence electrons. The normalized spacial score (nSPS) is 10.2. The van der Waals surface area contributed by atoms with Gasteiger partial charge in [0.25, 0.3) is 0 Å². The second-order valence-corrected chi connectivity index (χ2v) is 5.19. The third kappa shape index (κ3) is 6.60. The molecule has 0 saturated carbocycles. The van der Waals surface area contributed by atoms with Crippen LogP contribution in [0.4, 0.5) is 0 Å². The molecule has 24 heavy (non-hydrogen) atoms. The fourth-order valence-electron chi connectivity index (χ4n) is 2.05. The van der Waals surface area contributed by atoms with Crippen molar-refractivity contribution < 1.29 is 9.59 Å². The molecule has 4 N–H and O–H groups in total. The van der Waals surface area contributed by atoms with E-state index >= 15 is 0 Å². The fraction of sp³-hybridized carbons (Fsp3) is 0.222. The molecule has 6 nitrogen and oxygen atoms in total. The van der Waals surface area contributed by atoms with Crippen LogP contribution in [0.15, 0.2) is 60.7 Å². The van der Waals surface area contributed by atoms with Crippen molar-refractivity contribution in [2.75, 3.05) is 13.3 Å². The maximum Gasteiger partial charge on any atom is 0.310 e. The molecule has 0 fully saturated rings. The van der Waals surface area contributed by atoms with Crippen LogP contribution in [0.25, 0.3) is 0 Å². The van der Waals surface area contributed by atoms with E-state index in [0.29, 0.717) is 13.1 Å². The van der Waals surface area contributed by atoms with Crippen LogP contribution in [0.3, 0.4) is 0 Å². The van der Waals surface area contributed by atoms with E-state index in [1.54, 1.807) is 0 Å². The predicted molar refractivity (Wildman–Crippen MR) is 92.6 cm³/mol. The van der Waals surface area contributed by atoms with E-state index in [9.17, 15) is 9.59 Å². The monoisotopic (exact) mass is 326 g/mol. The first kappa shape index (κ1) is 17.7. The lowest BCUT2D eigenvalue weighted by Crippen LogP contribution is -2.45. The zero-order valence-electron chi connectivity index (χ0n) is 13.4. The van der Waals surface area contributed by atoms with Crippen molar-refractivity contribution in [3.05, 3.63) is 71.8 Å². The Kier molecular flexibility index (Phi) is 7.46. The van der Waals surface area contributed by atoms with Gasteiger partial charge in [0.2, 0.25) is 0 Å². The van der Waals surface area contributed by atoms with Gasteiger partial charge >= 0.3 is 11.8 Å². The maximum atomic E-state index is 11.6. The summed E-state index contributed by atoms with van der Waals surface area (Å²) in [5.41, 5.74) is 2.22. The number of carbonyl (C=O) groups excluding carboxylic acids is 2. The van der Waals surface area contributed by atoms with Gasteiger partial charge in [0, 0.05) is 13.1 Å². The van der Waals surface area contributed by atoms with Crippen LogP contribution in [0, 0.1) is 0 Å². The van der Waals surface area contributed by atoms with Crippen molar-refractivity contribution in [3.63, 3.8) is 0 Å². The molecule has 0 aliphatic rings. The Hall–Kier alpha value is -2.70. The lowest BCUT2D eigenvalue weighted by molar-refractivity contribution is -0.139. The van der Waals surface area contributed by atoms with E-state index in [2.05, 4.69) is 21.3 Å². The highest BCUT2D eigenvalue weighted by atomic mass is 16.2. The van der Waals surface area contributed by atoms with Gasteiger partial charge in [-0.3, -0.25) is 20.2 Å². The van der Waals surface area contributed by atoms with Gasteiger partial charge in [0.05, 0.1) is 13.3 Å². The van der Waals surface area contributed by atoms with Crippen LogP contribution in [-0.4, -0.2) is 25.2 Å². The first-order chi connectivity index (χ1) is 11.8. The van der Waals surface area contributed by atoms with Gasteiger partial charge in [0.15, 0.2) is 0 Å². The summed E-state index contributed by atoms with van der Waals surface area (Å²) in [6.07, 6.45) is 0. The Morgan fingerprint density at radius 3 is 1.38 bits per heavy atom. The van der Waals surface area contributed by atoms with E-state index in [-0.39, 0.29) is 13.3 Å². The highest BCUT2D eigenvalue weighted by Gasteiger charge is 2.11. The van der Waals surface area contributed by atoms with Crippen LogP contribution in [0.5, 0.6) is 0 Å². The van der Waals surface area contributed by atoms with Gasteiger partial charge in [-0.05, 0) is 11.1 Å². The van der Waals surface area contributed by atoms with E-state index in [1.165, 1.54) is 0 Å². The molecule has 0 aliphatic carbocycles. The highest BCUT2D eigenvalue weighted by molar-refractivity contribution is 6.35. The molecule has 0 saturated heterocycles. The SMILES string of the molecule is O=C(NCNCc1ccccc1)C(=O)NCNCc1ccccc1. The van der Waals surface area contributed by atoms with E-state index < -0.39 is 11.8 Å². The molecular weight excluding hydrogens is 304 g/mol. The van der Waals surface area contributed by atoms with Gasteiger partial charge in [0.1, 0.15) is 0 Å². The lowest BCUT2D eigenvalue weighted by atomic mass is 10.2. The van der Waals surface area contributed by atoms with Crippen molar-refractivity contribution in [3.8, 4) is 0 Å². The first-order valence-electron chi connectivity index (χ1n) is 7.81. The Labute approximate surface area is 141 Å². The highest BCUT2D eigenvalue weighted by Crippen LogP contribution is 1.97. The summed E-state index contributed by atoms with van der Waals surface area (Å²) in [6.45, 7) is 1.72. The van der Waals surface area contributed by atoms with Crippen LogP contribution in [-0.2, 0) is 22.7 Å². The Balaban J connectivity index is 1.54. The van der Waals surface area contributed by atoms with Crippen molar-refractivity contribution in [2.45, 2.75) is 13.1 Å². The number of nitrogens with one attached hydrogen (secondary N) is 4. The van der Waals surface area contributed by atoms with Gasteiger partial charge in [-0.1, -0.05) is 60.7 Å². The molecule has 0 aliphatic heterocycles. The molecule has 0 spiro atoms. The average molecular weight is 326 g/mol. The van der Waals surface area contributed by atoms with Crippen molar-refractivity contribution >= 4 is 11.8 Å². The van der Waals surface area contributed by atoms with E-state index in [1.807, 2.05) is 60.7 Å². The number of benzene rings is 2. The minimum absolute atomic E-state index is 0.235. The minimum atomic E-state index is -0.655. The minimum Gasteiger partial charge on any atom is -0.335 e. The lowest BCUT2D eigenvalue weighted by Gasteiger charge is -2.09. The number of rotatable bonds is 8. The van der Waals surface area contributed by atoms with Gasteiger partial charge in [-0.25, -0.2) is 0 Å². The average Bonchev–Trinajstić information content (AvgIpc) is 2.63. The molecule has 0 aromatic heterocycles. The summed E-state index contributed by atoms with van der Waals surface area (Å²) in [4.78, 5) is 23.3. The molecule has 0 bridgehead atoms. The zero-order chi connectivity index (χ0) is 17.0. The predicted octanol–water partition coefficient (Wildman–Crippen LogP) is 0.713. The second kappa shape index (κ2) is 10.1. The molecule has 2 aromatic rings. The van der Waals surface area contributed by atoms with Gasteiger partial charge in [-0.2, -0.15) is 0 Å². The van der Waals surface area contributed by atoms with Crippen LogP contribution in [0.2, 0.25) is 0 Å². The molecule has 6 heteroatoms. The molecular formula is C18H22N4O2. The number of carbonyl (C=O) groups is 2. The van der Waals surface area contributed by atoms with Crippen molar-refractivity contribution in [1.29, 1.82) is 0 Å². The summed E-state index contributed by atoms with van der Waals surface area (Å²) in [5, 5.41) is 11.1. The second-order valence-electron chi connectivity index (χ2n) is 5.19. The molecule has 0 radical (unpaired) electrons. The molecule has 2 rings (SSSR count). The number of amides is 2. The molecule has 0 atom stereocenters. The maximum absolute atomic E-state index is 11.6. The zero-order valence-corrected chi connectivity index (χ0v) is 13.4. The van der Waals surface area contributed by atoms with Crippen molar-refractivity contribution in [1.82, 2.24) is 21.3 Å².